The second kappa shape index (κ2) is 8.61. The van der Waals surface area contributed by atoms with Crippen molar-refractivity contribution in [1.29, 1.82) is 0 Å². The van der Waals surface area contributed by atoms with Crippen molar-refractivity contribution in [3.8, 4) is 11.5 Å². The van der Waals surface area contributed by atoms with Crippen molar-refractivity contribution in [2.45, 2.75) is 24.7 Å². The number of rotatable bonds is 7. The van der Waals surface area contributed by atoms with Crippen molar-refractivity contribution in [2.75, 3.05) is 19.0 Å². The van der Waals surface area contributed by atoms with E-state index in [-0.39, 0.29) is 17.7 Å². The minimum Gasteiger partial charge on any atom is -0.486 e. The summed E-state index contributed by atoms with van der Waals surface area (Å²) in [5, 5.41) is 17.4. The van der Waals surface area contributed by atoms with E-state index in [1.165, 1.54) is 11.8 Å². The van der Waals surface area contributed by atoms with Gasteiger partial charge >= 0.3 is 0 Å². The molecule has 0 saturated heterocycles. The predicted molar refractivity (Wildman–Crippen MR) is 106 cm³/mol. The third-order valence-corrected chi connectivity index (χ3v) is 5.98. The van der Waals surface area contributed by atoms with Gasteiger partial charge in [-0.3, -0.25) is 4.79 Å². The molecule has 1 amide bonds. The number of amides is 1. The van der Waals surface area contributed by atoms with Gasteiger partial charge in [-0.15, -0.1) is 16.4 Å². The Morgan fingerprint density at radius 3 is 3.00 bits per heavy atom. The molecule has 28 heavy (non-hydrogen) atoms. The van der Waals surface area contributed by atoms with E-state index in [0.717, 1.165) is 16.2 Å². The number of tetrazole rings is 1. The number of benzene rings is 1. The molecule has 1 aliphatic heterocycles. The molecule has 0 fully saturated rings. The van der Waals surface area contributed by atoms with Gasteiger partial charge in [0.1, 0.15) is 13.2 Å². The molecule has 1 N–H and O–H groups in total. The van der Waals surface area contributed by atoms with Gasteiger partial charge in [0.25, 0.3) is 0 Å². The van der Waals surface area contributed by atoms with Crippen LogP contribution in [-0.2, 0) is 11.3 Å². The van der Waals surface area contributed by atoms with Gasteiger partial charge in [-0.05, 0) is 46.5 Å². The second-order valence-corrected chi connectivity index (χ2v) is 8.15. The lowest BCUT2D eigenvalue weighted by atomic mass is 10.1. The molecule has 3 aromatic rings. The van der Waals surface area contributed by atoms with Crippen LogP contribution in [0.3, 0.4) is 0 Å². The zero-order valence-corrected chi connectivity index (χ0v) is 16.8. The molecule has 0 unspecified atom stereocenters. The van der Waals surface area contributed by atoms with Crippen LogP contribution < -0.4 is 14.8 Å². The maximum atomic E-state index is 12.4. The Morgan fingerprint density at radius 2 is 2.18 bits per heavy atom. The highest BCUT2D eigenvalue weighted by Gasteiger charge is 2.17. The quantitative estimate of drug-likeness (QED) is 0.591. The highest BCUT2D eigenvalue weighted by molar-refractivity contribution is 7.99. The van der Waals surface area contributed by atoms with Crippen LogP contribution in [0.2, 0.25) is 0 Å². The van der Waals surface area contributed by atoms with E-state index in [0.29, 0.717) is 30.7 Å². The molecular formula is C18H19N5O3S2. The molecule has 1 aromatic carbocycles. The molecule has 10 heteroatoms. The van der Waals surface area contributed by atoms with E-state index in [9.17, 15) is 4.79 Å². The van der Waals surface area contributed by atoms with E-state index in [1.54, 1.807) is 16.0 Å². The van der Waals surface area contributed by atoms with Crippen LogP contribution in [0.25, 0.3) is 0 Å². The highest BCUT2D eigenvalue weighted by atomic mass is 32.2. The largest absolute Gasteiger partial charge is 0.486 e. The summed E-state index contributed by atoms with van der Waals surface area (Å²) >= 11 is 2.96. The Labute approximate surface area is 170 Å². The Kier molecular flexibility index (Phi) is 5.77. The van der Waals surface area contributed by atoms with Crippen LogP contribution in [0, 0.1) is 0 Å². The summed E-state index contributed by atoms with van der Waals surface area (Å²) < 4.78 is 12.8. The fourth-order valence-electron chi connectivity index (χ4n) is 2.78. The van der Waals surface area contributed by atoms with Gasteiger partial charge in [0, 0.05) is 4.88 Å². The number of hydrogen-bond donors (Lipinski definition) is 1. The Balaban J connectivity index is 1.32. The lowest BCUT2D eigenvalue weighted by molar-refractivity contribution is -0.119. The zero-order chi connectivity index (χ0) is 19.3. The monoisotopic (exact) mass is 417 g/mol. The average molecular weight is 418 g/mol. The summed E-state index contributed by atoms with van der Waals surface area (Å²) in [6.45, 7) is 3.63. The molecule has 2 aromatic heterocycles. The first-order chi connectivity index (χ1) is 13.7. The normalized spacial score (nSPS) is 13.9. The van der Waals surface area contributed by atoms with Crippen LogP contribution in [-0.4, -0.2) is 45.1 Å². The highest BCUT2D eigenvalue weighted by Crippen LogP contribution is 2.32. The fourth-order valence-corrected chi connectivity index (χ4v) is 4.15. The summed E-state index contributed by atoms with van der Waals surface area (Å²) in [5.74, 6) is 1.60. The maximum absolute atomic E-state index is 12.4. The molecular weight excluding hydrogens is 398 g/mol. The molecule has 0 radical (unpaired) electrons. The van der Waals surface area contributed by atoms with E-state index >= 15 is 0 Å². The zero-order valence-electron chi connectivity index (χ0n) is 15.2. The van der Waals surface area contributed by atoms with Crippen LogP contribution in [0.5, 0.6) is 11.5 Å². The fraction of sp³-hybridized carbons (Fsp3) is 0.333. The third kappa shape index (κ3) is 4.45. The topological polar surface area (TPSA) is 91.2 Å². The van der Waals surface area contributed by atoms with Gasteiger partial charge in [0.15, 0.2) is 11.5 Å². The SMILES string of the molecule is C[C@@H](NC(=O)CSc1nnnn1Cc1cccs1)c1ccc2c(c1)OCCO2. The predicted octanol–water partition coefficient (Wildman–Crippen LogP) is 2.52. The molecule has 0 spiro atoms. The number of ether oxygens (including phenoxy) is 2. The number of carbonyl (C=O) groups excluding carboxylic acids is 1. The molecule has 146 valence electrons. The van der Waals surface area contributed by atoms with Gasteiger partial charge < -0.3 is 14.8 Å². The Hall–Kier alpha value is -2.59. The summed E-state index contributed by atoms with van der Waals surface area (Å²) in [4.78, 5) is 13.5. The Bertz CT molecular complexity index is 945. The number of aromatic nitrogens is 4. The van der Waals surface area contributed by atoms with Gasteiger partial charge in [0.2, 0.25) is 11.1 Å². The van der Waals surface area contributed by atoms with Crippen molar-refractivity contribution in [2.24, 2.45) is 0 Å². The van der Waals surface area contributed by atoms with Crippen molar-refractivity contribution in [3.63, 3.8) is 0 Å². The molecule has 8 nitrogen and oxygen atoms in total. The standard InChI is InChI=1S/C18H19N5O3S2/c1-12(13-4-5-15-16(9-13)26-7-6-25-15)19-17(24)11-28-18-20-21-22-23(18)10-14-3-2-8-27-14/h2-5,8-9,12H,6-7,10-11H2,1H3,(H,19,24)/t12-/m1/s1. The number of nitrogens with one attached hydrogen (secondary N) is 1. The molecule has 0 saturated carbocycles. The number of fused-ring (bicyclic) bond motifs is 1. The van der Waals surface area contributed by atoms with Gasteiger partial charge in [0.05, 0.1) is 18.3 Å². The minimum atomic E-state index is -0.147. The summed E-state index contributed by atoms with van der Waals surface area (Å²) in [6.07, 6.45) is 0. The van der Waals surface area contributed by atoms with E-state index < -0.39 is 0 Å². The number of hydrogen-bond acceptors (Lipinski definition) is 8. The lowest BCUT2D eigenvalue weighted by Gasteiger charge is -2.21. The molecule has 1 aliphatic rings. The first-order valence-electron chi connectivity index (χ1n) is 8.79. The number of thioether (sulfide) groups is 1. The molecule has 0 bridgehead atoms. The average Bonchev–Trinajstić information content (AvgIpc) is 3.38. The lowest BCUT2D eigenvalue weighted by Crippen LogP contribution is -2.28. The maximum Gasteiger partial charge on any atom is 0.230 e. The summed E-state index contributed by atoms with van der Waals surface area (Å²) in [5.41, 5.74) is 0.963. The van der Waals surface area contributed by atoms with Crippen LogP contribution in [0.4, 0.5) is 0 Å². The van der Waals surface area contributed by atoms with E-state index in [2.05, 4.69) is 20.8 Å². The van der Waals surface area contributed by atoms with Gasteiger partial charge in [-0.2, -0.15) is 0 Å². The number of nitrogens with zero attached hydrogens (tertiary/aromatic N) is 4. The van der Waals surface area contributed by atoms with Crippen molar-refractivity contribution in [1.82, 2.24) is 25.5 Å². The number of carbonyl (C=O) groups is 1. The van der Waals surface area contributed by atoms with Crippen molar-refractivity contribution >= 4 is 29.0 Å². The van der Waals surface area contributed by atoms with Crippen molar-refractivity contribution < 1.29 is 14.3 Å². The summed E-state index contributed by atoms with van der Waals surface area (Å²) in [7, 11) is 0. The van der Waals surface area contributed by atoms with Crippen LogP contribution >= 0.6 is 23.1 Å². The van der Waals surface area contributed by atoms with Gasteiger partial charge in [-0.1, -0.05) is 23.9 Å². The minimum absolute atomic E-state index is 0.0851. The molecule has 3 heterocycles. The van der Waals surface area contributed by atoms with Crippen molar-refractivity contribution in [3.05, 3.63) is 46.2 Å². The third-order valence-electron chi connectivity index (χ3n) is 4.16. The van der Waals surface area contributed by atoms with Gasteiger partial charge in [-0.25, -0.2) is 4.68 Å². The van der Waals surface area contributed by atoms with Crippen LogP contribution in [0.1, 0.15) is 23.4 Å². The molecule has 1 atom stereocenters. The Morgan fingerprint density at radius 1 is 1.32 bits per heavy atom. The van der Waals surface area contributed by atoms with Crippen LogP contribution in [0.15, 0.2) is 40.9 Å². The smallest absolute Gasteiger partial charge is 0.230 e. The second-order valence-electron chi connectivity index (χ2n) is 6.18. The summed E-state index contributed by atoms with van der Waals surface area (Å²) in [6, 6.07) is 9.60. The first-order valence-corrected chi connectivity index (χ1v) is 10.7. The molecule has 0 aliphatic carbocycles. The number of thiophene rings is 1. The van der Waals surface area contributed by atoms with E-state index in [1.807, 2.05) is 42.6 Å². The van der Waals surface area contributed by atoms with E-state index in [4.69, 9.17) is 9.47 Å². The first kappa shape index (κ1) is 18.8. The molecule has 4 rings (SSSR count).